The van der Waals surface area contributed by atoms with Crippen LogP contribution in [0.25, 0.3) is 33.2 Å². The van der Waals surface area contributed by atoms with E-state index in [1.165, 1.54) is 0 Å². The minimum atomic E-state index is 0.418. The Morgan fingerprint density at radius 2 is 1.96 bits per heavy atom. The van der Waals surface area contributed by atoms with E-state index in [-0.39, 0.29) is 0 Å². The third kappa shape index (κ3) is 2.53. The SMILES string of the molecule is CC(=N)Nc1ccc2nc(-c3ccc4[nH]cnc4c3)ccc2c1. The average Bonchev–Trinajstić information content (AvgIpc) is 3.01. The molecule has 2 aromatic carbocycles. The molecule has 3 N–H and O–H groups in total. The Bertz CT molecular complexity index is 1030. The van der Waals surface area contributed by atoms with Gasteiger partial charge in [-0.3, -0.25) is 5.41 Å². The van der Waals surface area contributed by atoms with Crippen molar-refractivity contribution in [1.82, 2.24) is 15.0 Å². The molecule has 23 heavy (non-hydrogen) atoms. The van der Waals surface area contributed by atoms with Crippen LogP contribution in [-0.4, -0.2) is 20.8 Å². The van der Waals surface area contributed by atoms with E-state index in [0.29, 0.717) is 5.84 Å². The lowest BCUT2D eigenvalue weighted by Crippen LogP contribution is -2.04. The Balaban J connectivity index is 1.77. The molecule has 5 heteroatoms. The minimum Gasteiger partial charge on any atom is -0.345 e. The van der Waals surface area contributed by atoms with Crippen LogP contribution in [0.2, 0.25) is 0 Å². The van der Waals surface area contributed by atoms with Crippen LogP contribution in [0.4, 0.5) is 5.69 Å². The maximum absolute atomic E-state index is 7.50. The molecule has 4 rings (SSSR count). The van der Waals surface area contributed by atoms with Crippen LogP contribution in [-0.2, 0) is 0 Å². The van der Waals surface area contributed by atoms with E-state index in [1.54, 1.807) is 13.3 Å². The van der Waals surface area contributed by atoms with Gasteiger partial charge in [0.25, 0.3) is 0 Å². The van der Waals surface area contributed by atoms with Crippen molar-refractivity contribution in [3.05, 3.63) is 54.9 Å². The van der Waals surface area contributed by atoms with Gasteiger partial charge in [-0.05, 0) is 43.3 Å². The first-order chi connectivity index (χ1) is 11.2. The highest BCUT2D eigenvalue weighted by molar-refractivity contribution is 5.94. The number of pyridine rings is 1. The predicted octanol–water partition coefficient (Wildman–Crippen LogP) is 4.19. The molecule has 0 unspecified atom stereocenters. The zero-order chi connectivity index (χ0) is 15.8. The molecule has 0 bridgehead atoms. The number of anilines is 1. The third-order valence-corrected chi connectivity index (χ3v) is 3.74. The summed E-state index contributed by atoms with van der Waals surface area (Å²) < 4.78 is 0. The minimum absolute atomic E-state index is 0.418. The number of aromatic nitrogens is 3. The monoisotopic (exact) mass is 301 g/mol. The number of H-pyrrole nitrogens is 1. The molecule has 0 saturated carbocycles. The fraction of sp³-hybridized carbons (Fsp3) is 0.0556. The van der Waals surface area contributed by atoms with Gasteiger partial charge in [0, 0.05) is 16.6 Å². The smallest absolute Gasteiger partial charge is 0.0944 e. The number of fused-ring (bicyclic) bond motifs is 2. The molecule has 112 valence electrons. The molecule has 0 spiro atoms. The molecule has 0 aliphatic heterocycles. The van der Waals surface area contributed by atoms with Crippen molar-refractivity contribution < 1.29 is 0 Å². The van der Waals surface area contributed by atoms with Gasteiger partial charge in [0.05, 0.1) is 34.4 Å². The molecule has 0 aliphatic carbocycles. The number of hydrogen-bond donors (Lipinski definition) is 3. The fourth-order valence-electron chi connectivity index (χ4n) is 2.67. The number of nitrogens with zero attached hydrogens (tertiary/aromatic N) is 2. The third-order valence-electron chi connectivity index (χ3n) is 3.74. The Hall–Kier alpha value is -3.21. The molecule has 0 fully saturated rings. The second-order valence-corrected chi connectivity index (χ2v) is 5.49. The van der Waals surface area contributed by atoms with Crippen molar-refractivity contribution in [2.24, 2.45) is 0 Å². The summed E-state index contributed by atoms with van der Waals surface area (Å²) in [5.74, 6) is 0.418. The standard InChI is InChI=1S/C18H15N5/c1-11(19)22-14-4-7-16-12(8-14)2-5-15(23-16)13-3-6-17-18(9-13)21-10-20-17/h2-10H,1H3,(H2,19,22)(H,20,21). The molecular formula is C18H15N5. The van der Waals surface area contributed by atoms with E-state index >= 15 is 0 Å². The number of rotatable bonds is 2. The first-order valence-corrected chi connectivity index (χ1v) is 7.35. The van der Waals surface area contributed by atoms with Gasteiger partial charge in [0.1, 0.15) is 0 Å². The van der Waals surface area contributed by atoms with Crippen LogP contribution >= 0.6 is 0 Å². The van der Waals surface area contributed by atoms with E-state index < -0.39 is 0 Å². The van der Waals surface area contributed by atoms with Crippen LogP contribution in [0, 0.1) is 5.41 Å². The molecule has 0 amide bonds. The number of benzene rings is 2. The van der Waals surface area contributed by atoms with Crippen LogP contribution in [0.1, 0.15) is 6.92 Å². The molecule has 0 aliphatic rings. The maximum atomic E-state index is 7.50. The first-order valence-electron chi connectivity index (χ1n) is 7.35. The Morgan fingerprint density at radius 1 is 1.04 bits per heavy atom. The normalized spacial score (nSPS) is 11.0. The van der Waals surface area contributed by atoms with Crippen LogP contribution in [0.3, 0.4) is 0 Å². The highest BCUT2D eigenvalue weighted by Gasteiger charge is 2.05. The summed E-state index contributed by atoms with van der Waals surface area (Å²) in [6.07, 6.45) is 1.70. The molecular weight excluding hydrogens is 286 g/mol. The van der Waals surface area contributed by atoms with Gasteiger partial charge >= 0.3 is 0 Å². The fourth-order valence-corrected chi connectivity index (χ4v) is 2.67. The Morgan fingerprint density at radius 3 is 2.83 bits per heavy atom. The van der Waals surface area contributed by atoms with Gasteiger partial charge in [-0.1, -0.05) is 12.1 Å². The average molecular weight is 301 g/mol. The summed E-state index contributed by atoms with van der Waals surface area (Å²) in [5, 5.41) is 11.6. The molecule has 0 saturated heterocycles. The topological polar surface area (TPSA) is 77.5 Å². The van der Waals surface area contributed by atoms with Crippen LogP contribution in [0.5, 0.6) is 0 Å². The van der Waals surface area contributed by atoms with Gasteiger partial charge in [0.2, 0.25) is 0 Å². The highest BCUT2D eigenvalue weighted by Crippen LogP contribution is 2.25. The van der Waals surface area contributed by atoms with Crippen molar-refractivity contribution in [1.29, 1.82) is 5.41 Å². The van der Waals surface area contributed by atoms with E-state index in [9.17, 15) is 0 Å². The quantitative estimate of drug-likeness (QED) is 0.384. The second-order valence-electron chi connectivity index (χ2n) is 5.49. The maximum Gasteiger partial charge on any atom is 0.0944 e. The predicted molar refractivity (Wildman–Crippen MR) is 93.9 cm³/mol. The summed E-state index contributed by atoms with van der Waals surface area (Å²) in [4.78, 5) is 12.1. The summed E-state index contributed by atoms with van der Waals surface area (Å²) >= 11 is 0. The molecule has 2 heterocycles. The van der Waals surface area contributed by atoms with Crippen LogP contribution in [0.15, 0.2) is 54.9 Å². The summed E-state index contributed by atoms with van der Waals surface area (Å²) in [6.45, 7) is 1.72. The van der Waals surface area contributed by atoms with E-state index in [4.69, 9.17) is 10.4 Å². The van der Waals surface area contributed by atoms with Crippen LogP contribution < -0.4 is 5.32 Å². The Kier molecular flexibility index (Phi) is 3.05. The summed E-state index contributed by atoms with van der Waals surface area (Å²) in [5.41, 5.74) is 5.75. The number of hydrogen-bond acceptors (Lipinski definition) is 3. The van der Waals surface area contributed by atoms with Crippen molar-refractivity contribution in [3.8, 4) is 11.3 Å². The first kappa shape index (κ1) is 13.5. The number of nitrogens with one attached hydrogen (secondary N) is 3. The summed E-state index contributed by atoms with van der Waals surface area (Å²) in [6, 6.07) is 16.1. The number of aromatic amines is 1. The van der Waals surface area contributed by atoms with Gasteiger partial charge in [0.15, 0.2) is 0 Å². The van der Waals surface area contributed by atoms with E-state index in [0.717, 1.165) is 38.9 Å². The zero-order valence-electron chi connectivity index (χ0n) is 12.6. The van der Waals surface area contributed by atoms with Gasteiger partial charge in [-0.2, -0.15) is 0 Å². The largest absolute Gasteiger partial charge is 0.345 e. The molecule has 2 aromatic heterocycles. The van der Waals surface area contributed by atoms with E-state index in [2.05, 4.69) is 21.4 Å². The lowest BCUT2D eigenvalue weighted by atomic mass is 10.1. The lowest BCUT2D eigenvalue weighted by molar-refractivity contribution is 1.34. The lowest BCUT2D eigenvalue weighted by Gasteiger charge is -2.07. The number of amidine groups is 1. The van der Waals surface area contributed by atoms with Gasteiger partial charge < -0.3 is 10.3 Å². The second kappa shape index (κ2) is 5.21. The van der Waals surface area contributed by atoms with Gasteiger partial charge in [-0.15, -0.1) is 0 Å². The molecule has 0 radical (unpaired) electrons. The summed E-state index contributed by atoms with van der Waals surface area (Å²) in [7, 11) is 0. The van der Waals surface area contributed by atoms with Crippen molar-refractivity contribution >= 4 is 33.5 Å². The van der Waals surface area contributed by atoms with Crippen molar-refractivity contribution in [2.45, 2.75) is 6.92 Å². The molecule has 4 aromatic rings. The molecule has 5 nitrogen and oxygen atoms in total. The van der Waals surface area contributed by atoms with Gasteiger partial charge in [-0.25, -0.2) is 9.97 Å². The highest BCUT2D eigenvalue weighted by atomic mass is 14.9. The van der Waals surface area contributed by atoms with E-state index in [1.807, 2.05) is 42.5 Å². The van der Waals surface area contributed by atoms with Crippen molar-refractivity contribution in [2.75, 3.05) is 5.32 Å². The molecule has 0 atom stereocenters. The Labute approximate surface area is 132 Å². The zero-order valence-corrected chi connectivity index (χ0v) is 12.6. The number of imidazole rings is 1. The van der Waals surface area contributed by atoms with Crippen molar-refractivity contribution in [3.63, 3.8) is 0 Å².